The van der Waals surface area contributed by atoms with Gasteiger partial charge in [0.1, 0.15) is 0 Å². The SMILES string of the molecule is CC.CCCC.CO. The monoisotopic (exact) mass is 120 g/mol. The second-order valence-electron chi connectivity index (χ2n) is 1.000. The van der Waals surface area contributed by atoms with Gasteiger partial charge in [-0.15, -0.1) is 0 Å². The van der Waals surface area contributed by atoms with Crippen molar-refractivity contribution in [2.45, 2.75) is 40.5 Å². The summed E-state index contributed by atoms with van der Waals surface area (Å²) in [5, 5.41) is 7.00. The summed E-state index contributed by atoms with van der Waals surface area (Å²) in [5.41, 5.74) is 0. The van der Waals surface area contributed by atoms with Crippen LogP contribution in [-0.4, -0.2) is 12.2 Å². The first-order chi connectivity index (χ1) is 3.91. The Kier molecular flexibility index (Phi) is 126. The highest BCUT2D eigenvalue weighted by Gasteiger charge is 1.56. The fraction of sp³-hybridized carbons (Fsp3) is 1.00. The molecule has 0 saturated heterocycles. The van der Waals surface area contributed by atoms with Crippen molar-refractivity contribution in [2.75, 3.05) is 7.11 Å². The number of unbranched alkanes of at least 4 members (excludes halogenated alkanes) is 1. The summed E-state index contributed by atoms with van der Waals surface area (Å²) in [6, 6.07) is 0. The van der Waals surface area contributed by atoms with Crippen LogP contribution in [-0.2, 0) is 0 Å². The van der Waals surface area contributed by atoms with Crippen LogP contribution >= 0.6 is 0 Å². The summed E-state index contributed by atoms with van der Waals surface area (Å²) in [6.45, 7) is 8.36. The van der Waals surface area contributed by atoms with Crippen LogP contribution in [0, 0.1) is 0 Å². The second-order valence-corrected chi connectivity index (χ2v) is 1.000. The Morgan fingerprint density at radius 2 is 1.00 bits per heavy atom. The first kappa shape index (κ1) is 15.7. The smallest absolute Gasteiger partial charge is 0.0319 e. The molecule has 1 nitrogen and oxygen atoms in total. The largest absolute Gasteiger partial charge is 0.400 e. The zero-order valence-corrected chi connectivity index (χ0v) is 6.86. The van der Waals surface area contributed by atoms with Gasteiger partial charge in [-0.1, -0.05) is 40.5 Å². The molecule has 0 amide bonds. The molecule has 8 heavy (non-hydrogen) atoms. The summed E-state index contributed by atoms with van der Waals surface area (Å²) in [5.74, 6) is 0. The first-order valence-electron chi connectivity index (χ1n) is 3.36. The quantitative estimate of drug-likeness (QED) is 0.563. The zero-order valence-electron chi connectivity index (χ0n) is 6.86. The molecule has 0 radical (unpaired) electrons. The average molecular weight is 120 g/mol. The van der Waals surface area contributed by atoms with Crippen molar-refractivity contribution in [1.82, 2.24) is 0 Å². The van der Waals surface area contributed by atoms with Gasteiger partial charge in [-0.3, -0.25) is 0 Å². The molecule has 0 bridgehead atoms. The van der Waals surface area contributed by atoms with Crippen molar-refractivity contribution in [3.05, 3.63) is 0 Å². The lowest BCUT2D eigenvalue weighted by Gasteiger charge is -1.68. The van der Waals surface area contributed by atoms with E-state index in [2.05, 4.69) is 13.8 Å². The van der Waals surface area contributed by atoms with Gasteiger partial charge in [-0.05, 0) is 0 Å². The third kappa shape index (κ3) is 159. The molecular formula is C7H20O. The van der Waals surface area contributed by atoms with E-state index in [1.54, 1.807) is 0 Å². The van der Waals surface area contributed by atoms with Gasteiger partial charge in [-0.2, -0.15) is 0 Å². The molecule has 1 heteroatoms. The molecule has 0 aromatic rings. The predicted molar refractivity (Wildman–Crippen MR) is 40.1 cm³/mol. The van der Waals surface area contributed by atoms with E-state index < -0.39 is 0 Å². The van der Waals surface area contributed by atoms with E-state index in [4.69, 9.17) is 5.11 Å². The van der Waals surface area contributed by atoms with Crippen molar-refractivity contribution in [1.29, 1.82) is 0 Å². The van der Waals surface area contributed by atoms with Gasteiger partial charge in [0, 0.05) is 7.11 Å². The number of hydrogen-bond acceptors (Lipinski definition) is 1. The molecule has 0 aliphatic rings. The number of aliphatic hydroxyl groups is 1. The molecular weight excluding hydrogens is 100 g/mol. The van der Waals surface area contributed by atoms with Crippen LogP contribution in [0.4, 0.5) is 0 Å². The van der Waals surface area contributed by atoms with Gasteiger partial charge in [0.05, 0.1) is 0 Å². The fourth-order valence-electron chi connectivity index (χ4n) is 0. The van der Waals surface area contributed by atoms with Gasteiger partial charge in [-0.25, -0.2) is 0 Å². The maximum atomic E-state index is 7.00. The normalized spacial score (nSPS) is 5.25. The molecule has 0 rings (SSSR count). The molecule has 0 spiro atoms. The summed E-state index contributed by atoms with van der Waals surface area (Å²) >= 11 is 0. The second kappa shape index (κ2) is 64.4. The van der Waals surface area contributed by atoms with Crippen LogP contribution in [0.5, 0.6) is 0 Å². The Morgan fingerprint density at radius 1 is 0.875 bits per heavy atom. The van der Waals surface area contributed by atoms with E-state index in [0.717, 1.165) is 7.11 Å². The summed E-state index contributed by atoms with van der Waals surface area (Å²) < 4.78 is 0. The first-order valence-corrected chi connectivity index (χ1v) is 3.36. The van der Waals surface area contributed by atoms with Gasteiger partial charge >= 0.3 is 0 Å². The lowest BCUT2D eigenvalue weighted by molar-refractivity contribution is 0.399. The van der Waals surface area contributed by atoms with Crippen LogP contribution in [0.1, 0.15) is 40.5 Å². The predicted octanol–water partition coefficient (Wildman–Crippen LogP) is 2.44. The standard InChI is InChI=1S/C4H10.C2H6.CH4O/c1-3-4-2;2*1-2/h3-4H2,1-2H3;1-2H3;2H,1H3. The van der Waals surface area contributed by atoms with Gasteiger partial charge in [0.15, 0.2) is 0 Å². The van der Waals surface area contributed by atoms with Crippen molar-refractivity contribution in [3.63, 3.8) is 0 Å². The molecule has 54 valence electrons. The van der Waals surface area contributed by atoms with E-state index in [1.165, 1.54) is 12.8 Å². The minimum absolute atomic E-state index is 1.00. The van der Waals surface area contributed by atoms with Crippen molar-refractivity contribution < 1.29 is 5.11 Å². The van der Waals surface area contributed by atoms with Gasteiger partial charge in [0.2, 0.25) is 0 Å². The van der Waals surface area contributed by atoms with E-state index in [-0.39, 0.29) is 0 Å². The molecule has 0 heterocycles. The van der Waals surface area contributed by atoms with Crippen LogP contribution in [0.2, 0.25) is 0 Å². The Hall–Kier alpha value is -0.0400. The Labute approximate surface area is 53.7 Å². The lowest BCUT2D eigenvalue weighted by atomic mass is 10.4. The Bertz CT molecular complexity index is 6.35. The van der Waals surface area contributed by atoms with Gasteiger partial charge < -0.3 is 5.11 Å². The third-order valence-electron chi connectivity index (χ3n) is 0.500. The molecule has 0 saturated carbocycles. The molecule has 0 atom stereocenters. The highest BCUT2D eigenvalue weighted by atomic mass is 16.2. The highest BCUT2D eigenvalue weighted by Crippen LogP contribution is 1.76. The van der Waals surface area contributed by atoms with Crippen LogP contribution < -0.4 is 0 Å². The molecule has 0 fully saturated rings. The van der Waals surface area contributed by atoms with Crippen molar-refractivity contribution >= 4 is 0 Å². The minimum Gasteiger partial charge on any atom is -0.400 e. The minimum atomic E-state index is 1.00. The van der Waals surface area contributed by atoms with Crippen LogP contribution in [0.3, 0.4) is 0 Å². The summed E-state index contributed by atoms with van der Waals surface area (Å²) in [6.07, 6.45) is 2.64. The molecule has 0 aromatic carbocycles. The van der Waals surface area contributed by atoms with Crippen LogP contribution in [0.25, 0.3) is 0 Å². The van der Waals surface area contributed by atoms with Crippen LogP contribution in [0.15, 0.2) is 0 Å². The number of hydrogen-bond donors (Lipinski definition) is 1. The van der Waals surface area contributed by atoms with E-state index >= 15 is 0 Å². The number of aliphatic hydroxyl groups excluding tert-OH is 1. The summed E-state index contributed by atoms with van der Waals surface area (Å²) in [7, 11) is 1.00. The zero-order chi connectivity index (χ0) is 7.41. The van der Waals surface area contributed by atoms with Crippen molar-refractivity contribution in [2.24, 2.45) is 0 Å². The molecule has 0 aliphatic carbocycles. The van der Waals surface area contributed by atoms with Crippen molar-refractivity contribution in [3.8, 4) is 0 Å². The Morgan fingerprint density at radius 3 is 1.00 bits per heavy atom. The Balaban J connectivity index is -0.0000000542. The highest BCUT2D eigenvalue weighted by molar-refractivity contribution is 4.12. The van der Waals surface area contributed by atoms with E-state index in [1.807, 2.05) is 13.8 Å². The average Bonchev–Trinajstić information content (AvgIpc) is 1.96. The molecule has 0 aromatic heterocycles. The molecule has 0 aliphatic heterocycles. The fourth-order valence-corrected chi connectivity index (χ4v) is 0. The topological polar surface area (TPSA) is 20.2 Å². The third-order valence-corrected chi connectivity index (χ3v) is 0.500. The summed E-state index contributed by atoms with van der Waals surface area (Å²) in [4.78, 5) is 0. The van der Waals surface area contributed by atoms with Gasteiger partial charge in [0.25, 0.3) is 0 Å². The lowest BCUT2D eigenvalue weighted by Crippen LogP contribution is -1.47. The van der Waals surface area contributed by atoms with E-state index in [0.29, 0.717) is 0 Å². The molecule has 1 N–H and O–H groups in total. The van der Waals surface area contributed by atoms with E-state index in [9.17, 15) is 0 Å². The number of rotatable bonds is 1. The maximum absolute atomic E-state index is 7.00. The molecule has 0 unspecified atom stereocenters. The maximum Gasteiger partial charge on any atom is 0.0319 e.